The summed E-state index contributed by atoms with van der Waals surface area (Å²) < 4.78 is 0. The van der Waals surface area contributed by atoms with Gasteiger partial charge in [-0.2, -0.15) is 0 Å². The van der Waals surface area contributed by atoms with Crippen LogP contribution in [0.1, 0.15) is 163 Å². The van der Waals surface area contributed by atoms with Crippen LogP contribution in [0.4, 0.5) is 0 Å². The normalized spacial score (nSPS) is 12.8. The molecule has 0 bridgehead atoms. The zero-order valence-electron chi connectivity index (χ0n) is 22.7. The largest absolute Gasteiger partial charge is 0.379 e. The van der Waals surface area contributed by atoms with E-state index in [1.165, 1.54) is 77.0 Å². The first kappa shape index (κ1) is 32.3. The lowest BCUT2D eigenvalue weighted by Gasteiger charge is -2.32. The summed E-state index contributed by atoms with van der Waals surface area (Å²) in [5.74, 6) is -0.0652. The molecule has 0 aliphatic carbocycles. The lowest BCUT2D eigenvalue weighted by atomic mass is 9.81. The molecule has 4 heteroatoms. The summed E-state index contributed by atoms with van der Waals surface area (Å²) >= 11 is 0. The van der Waals surface area contributed by atoms with Crippen LogP contribution in [0.25, 0.3) is 0 Å². The van der Waals surface area contributed by atoms with Crippen molar-refractivity contribution in [2.45, 2.75) is 174 Å². The van der Waals surface area contributed by atoms with Crippen LogP contribution >= 0.6 is 0 Å². The minimum absolute atomic E-state index is 0.0326. The van der Waals surface area contributed by atoms with E-state index in [1.54, 1.807) is 6.92 Å². The summed E-state index contributed by atoms with van der Waals surface area (Å²) in [4.78, 5) is 26.3. The number of nitrogens with one attached hydrogen (secondary N) is 1. The van der Waals surface area contributed by atoms with Gasteiger partial charge in [0.25, 0.3) is 0 Å². The van der Waals surface area contributed by atoms with Gasteiger partial charge in [-0.15, -0.1) is 0 Å². The van der Waals surface area contributed by atoms with Crippen LogP contribution < -0.4 is 5.32 Å². The third-order valence-corrected chi connectivity index (χ3v) is 6.95. The van der Waals surface area contributed by atoms with Gasteiger partial charge in [0.2, 0.25) is 0 Å². The number of hydrogen-bond donors (Lipinski definition) is 2. The van der Waals surface area contributed by atoms with Gasteiger partial charge in [-0.1, -0.05) is 124 Å². The second-order valence-electron chi connectivity index (χ2n) is 10.1. The molecule has 1 unspecified atom stereocenters. The smallest absolute Gasteiger partial charge is 0.160 e. The van der Waals surface area contributed by atoms with E-state index in [4.69, 9.17) is 0 Å². The summed E-state index contributed by atoms with van der Waals surface area (Å²) in [5, 5.41) is 12.9. The molecule has 0 aromatic carbocycles. The summed E-state index contributed by atoms with van der Waals surface area (Å²) in [6.07, 6.45) is 22.0. The Labute approximate surface area is 206 Å². The van der Waals surface area contributed by atoms with Gasteiger partial charge in [-0.3, -0.25) is 14.9 Å². The average Bonchev–Trinajstić information content (AvgIpc) is 2.79. The Morgan fingerprint density at radius 2 is 0.909 bits per heavy atom. The summed E-state index contributed by atoms with van der Waals surface area (Å²) in [5.41, 5.74) is -1.21. The van der Waals surface area contributed by atoms with Crippen molar-refractivity contribution in [3.8, 4) is 0 Å². The van der Waals surface area contributed by atoms with Crippen molar-refractivity contribution < 1.29 is 14.7 Å². The molecule has 0 rings (SSSR count). The average molecular weight is 468 g/mol. The second kappa shape index (κ2) is 21.8. The van der Waals surface area contributed by atoms with Crippen LogP contribution in [0, 0.1) is 0 Å². The van der Waals surface area contributed by atoms with Crippen LogP contribution in [0.15, 0.2) is 0 Å². The monoisotopic (exact) mass is 467 g/mol. The Morgan fingerprint density at radius 3 is 1.18 bits per heavy atom. The molecule has 0 saturated carbocycles. The van der Waals surface area contributed by atoms with Crippen molar-refractivity contribution in [2.24, 2.45) is 0 Å². The number of aliphatic hydroxyl groups excluding tert-OH is 1. The van der Waals surface area contributed by atoms with Crippen molar-refractivity contribution in [1.82, 2.24) is 5.32 Å². The molecule has 0 aromatic heterocycles. The highest BCUT2D eigenvalue weighted by atomic mass is 16.3. The lowest BCUT2D eigenvalue weighted by molar-refractivity contribution is -0.139. The molecule has 4 nitrogen and oxygen atoms in total. The van der Waals surface area contributed by atoms with Gasteiger partial charge in [0.05, 0.1) is 0 Å². The van der Waals surface area contributed by atoms with Gasteiger partial charge < -0.3 is 5.11 Å². The van der Waals surface area contributed by atoms with E-state index in [-0.39, 0.29) is 11.6 Å². The molecule has 196 valence electrons. The van der Waals surface area contributed by atoms with Crippen LogP contribution in [0.3, 0.4) is 0 Å². The van der Waals surface area contributed by atoms with E-state index < -0.39 is 11.8 Å². The summed E-state index contributed by atoms with van der Waals surface area (Å²) in [6.45, 7) is 7.96. The maximum atomic E-state index is 13.1. The van der Waals surface area contributed by atoms with E-state index in [2.05, 4.69) is 19.2 Å². The fourth-order valence-electron chi connectivity index (χ4n) is 4.79. The fourth-order valence-corrected chi connectivity index (χ4v) is 4.79. The van der Waals surface area contributed by atoms with E-state index in [0.717, 1.165) is 38.5 Å². The zero-order chi connectivity index (χ0) is 24.8. The van der Waals surface area contributed by atoms with Crippen molar-refractivity contribution in [3.05, 3.63) is 0 Å². The number of Topliss-reactive ketones (excluding diaryl/α,β-unsaturated/α-hetero) is 2. The van der Waals surface area contributed by atoms with Crippen LogP contribution in [0.5, 0.6) is 0 Å². The van der Waals surface area contributed by atoms with Crippen LogP contribution in [-0.2, 0) is 9.59 Å². The molecule has 0 aliphatic heterocycles. The maximum absolute atomic E-state index is 13.1. The molecule has 0 spiro atoms. The van der Waals surface area contributed by atoms with E-state index >= 15 is 0 Å². The van der Waals surface area contributed by atoms with Gasteiger partial charge in [-0.25, -0.2) is 0 Å². The van der Waals surface area contributed by atoms with Gasteiger partial charge in [0.15, 0.2) is 11.6 Å². The molecular weight excluding hydrogens is 410 g/mol. The van der Waals surface area contributed by atoms with E-state index in [0.29, 0.717) is 19.3 Å². The predicted octanol–water partition coefficient (Wildman–Crippen LogP) is 8.04. The number of aliphatic hydroxyl groups is 1. The summed E-state index contributed by atoms with van der Waals surface area (Å²) in [6, 6.07) is 0. The molecule has 33 heavy (non-hydrogen) atoms. The Bertz CT molecular complexity index is 441. The quantitative estimate of drug-likeness (QED) is 0.0809. The molecule has 0 aliphatic rings. The van der Waals surface area contributed by atoms with Crippen molar-refractivity contribution >= 4 is 11.6 Å². The van der Waals surface area contributed by atoms with Crippen molar-refractivity contribution in [2.75, 3.05) is 0 Å². The first-order chi connectivity index (χ1) is 15.9. The van der Waals surface area contributed by atoms with Crippen LogP contribution in [0.2, 0.25) is 0 Å². The Hall–Kier alpha value is -0.740. The second-order valence-corrected chi connectivity index (χ2v) is 10.1. The van der Waals surface area contributed by atoms with E-state index in [1.807, 2.05) is 6.92 Å². The first-order valence-corrected chi connectivity index (χ1v) is 14.5. The fraction of sp³-hybridized carbons (Fsp3) is 0.931. The van der Waals surface area contributed by atoms with Crippen LogP contribution in [-0.4, -0.2) is 28.4 Å². The standard InChI is InChI=1S/C29H57NO3/c1-5-8-10-12-14-16-18-20-22-24-27(32)29(7-3,30-26(4)31)28(33)25-23-21-19-17-15-13-11-9-6-2/h26,30-31H,5-25H2,1-4H3. The highest BCUT2D eigenvalue weighted by Gasteiger charge is 2.42. The lowest BCUT2D eigenvalue weighted by Crippen LogP contribution is -2.60. The molecule has 0 radical (unpaired) electrons. The highest BCUT2D eigenvalue weighted by Crippen LogP contribution is 2.22. The number of hydrogen-bond acceptors (Lipinski definition) is 4. The number of rotatable bonds is 25. The van der Waals surface area contributed by atoms with Crippen molar-refractivity contribution in [3.63, 3.8) is 0 Å². The first-order valence-electron chi connectivity index (χ1n) is 14.5. The Kier molecular flexibility index (Phi) is 21.3. The van der Waals surface area contributed by atoms with E-state index in [9.17, 15) is 14.7 Å². The molecule has 2 N–H and O–H groups in total. The SMILES string of the molecule is CCCCCCCCCCCC(=O)C(CC)(NC(C)O)C(=O)CCCCCCCCCCC. The topological polar surface area (TPSA) is 66.4 Å². The molecule has 0 aromatic rings. The number of ketones is 2. The Morgan fingerprint density at radius 1 is 0.606 bits per heavy atom. The Balaban J connectivity index is 4.36. The van der Waals surface area contributed by atoms with Gasteiger partial charge in [0, 0.05) is 12.8 Å². The number of carbonyl (C=O) groups is 2. The third kappa shape index (κ3) is 15.7. The molecule has 0 fully saturated rings. The molecule has 0 heterocycles. The highest BCUT2D eigenvalue weighted by molar-refractivity contribution is 6.11. The molecule has 0 amide bonds. The predicted molar refractivity (Wildman–Crippen MR) is 142 cm³/mol. The molecule has 1 atom stereocenters. The zero-order valence-corrected chi connectivity index (χ0v) is 22.7. The minimum Gasteiger partial charge on any atom is -0.379 e. The summed E-state index contributed by atoms with van der Waals surface area (Å²) in [7, 11) is 0. The van der Waals surface area contributed by atoms with Gasteiger partial charge in [0.1, 0.15) is 11.8 Å². The minimum atomic E-state index is -1.21. The molecular formula is C29H57NO3. The van der Waals surface area contributed by atoms with Gasteiger partial charge in [-0.05, 0) is 26.2 Å². The maximum Gasteiger partial charge on any atom is 0.160 e. The number of carbonyl (C=O) groups excluding carboxylic acids is 2. The van der Waals surface area contributed by atoms with Gasteiger partial charge >= 0.3 is 0 Å². The third-order valence-electron chi connectivity index (χ3n) is 6.95. The molecule has 0 saturated heterocycles. The number of unbranched alkanes of at least 4 members (excludes halogenated alkanes) is 16. The van der Waals surface area contributed by atoms with Crippen molar-refractivity contribution in [1.29, 1.82) is 0 Å².